The Morgan fingerprint density at radius 1 is 1.25 bits per heavy atom. The number of methoxy groups -OCH3 is 1. The van der Waals surface area contributed by atoms with Crippen LogP contribution in [0.1, 0.15) is 18.2 Å². The van der Waals surface area contributed by atoms with Crippen molar-refractivity contribution < 1.29 is 9.53 Å². The van der Waals surface area contributed by atoms with Gasteiger partial charge in [-0.05, 0) is 36.8 Å². The third-order valence-electron chi connectivity index (χ3n) is 4.07. The van der Waals surface area contributed by atoms with E-state index in [0.717, 1.165) is 22.7 Å². The summed E-state index contributed by atoms with van der Waals surface area (Å²) >= 11 is 0. The summed E-state index contributed by atoms with van der Waals surface area (Å²) in [6.07, 6.45) is 4.16. The van der Waals surface area contributed by atoms with Gasteiger partial charge in [-0.3, -0.25) is 4.79 Å². The third-order valence-corrected chi connectivity index (χ3v) is 4.07. The molecule has 1 amide bonds. The van der Waals surface area contributed by atoms with Gasteiger partial charge in [0.2, 0.25) is 5.91 Å². The lowest BCUT2D eigenvalue weighted by Gasteiger charge is -2.21. The van der Waals surface area contributed by atoms with Crippen LogP contribution in [-0.4, -0.2) is 33.8 Å². The Kier molecular flexibility index (Phi) is 4.79. The van der Waals surface area contributed by atoms with Crippen molar-refractivity contribution in [3.63, 3.8) is 0 Å². The number of nitrogens with zero attached hydrogens (tertiary/aromatic N) is 3. The van der Waals surface area contributed by atoms with Crippen LogP contribution in [-0.2, 0) is 17.8 Å². The van der Waals surface area contributed by atoms with E-state index in [9.17, 15) is 4.79 Å². The Hall–Kier alpha value is -2.82. The maximum Gasteiger partial charge on any atom is 0.227 e. The number of imidazole rings is 1. The molecule has 5 nitrogen and oxygen atoms in total. The number of benzene rings is 1. The second kappa shape index (κ2) is 7.17. The third kappa shape index (κ3) is 3.40. The molecule has 0 bridgehead atoms. The van der Waals surface area contributed by atoms with Crippen molar-refractivity contribution in [1.29, 1.82) is 0 Å². The first-order chi connectivity index (χ1) is 11.7. The van der Waals surface area contributed by atoms with E-state index in [1.807, 2.05) is 71.1 Å². The highest BCUT2D eigenvalue weighted by atomic mass is 16.5. The number of rotatable bonds is 6. The van der Waals surface area contributed by atoms with Gasteiger partial charge in [0.15, 0.2) is 0 Å². The van der Waals surface area contributed by atoms with Crippen molar-refractivity contribution in [1.82, 2.24) is 14.3 Å². The monoisotopic (exact) mass is 323 g/mol. The molecule has 0 radical (unpaired) electrons. The van der Waals surface area contributed by atoms with Gasteiger partial charge in [0.05, 0.1) is 32.0 Å². The number of carbonyl (C=O) groups is 1. The SMILES string of the molecule is CCN(Cc1cnc2ccccn12)C(=O)Cc1cccc(OC)c1. The normalized spacial score (nSPS) is 10.8. The summed E-state index contributed by atoms with van der Waals surface area (Å²) in [5.74, 6) is 0.863. The van der Waals surface area contributed by atoms with Crippen LogP contribution in [0.3, 0.4) is 0 Å². The first-order valence-corrected chi connectivity index (χ1v) is 8.03. The van der Waals surface area contributed by atoms with Gasteiger partial charge in [0, 0.05) is 12.7 Å². The lowest BCUT2D eigenvalue weighted by molar-refractivity contribution is -0.130. The minimum Gasteiger partial charge on any atom is -0.497 e. The molecule has 3 aromatic rings. The van der Waals surface area contributed by atoms with Gasteiger partial charge >= 0.3 is 0 Å². The maximum absolute atomic E-state index is 12.7. The molecule has 0 saturated heterocycles. The van der Waals surface area contributed by atoms with E-state index in [-0.39, 0.29) is 5.91 Å². The lowest BCUT2D eigenvalue weighted by atomic mass is 10.1. The maximum atomic E-state index is 12.7. The molecule has 0 fully saturated rings. The number of likely N-dealkylation sites (N-methyl/N-ethyl adjacent to an activating group) is 1. The fourth-order valence-electron chi connectivity index (χ4n) is 2.74. The van der Waals surface area contributed by atoms with Crippen LogP contribution in [0.25, 0.3) is 5.65 Å². The zero-order valence-corrected chi connectivity index (χ0v) is 14.0. The molecule has 0 saturated carbocycles. The fourth-order valence-corrected chi connectivity index (χ4v) is 2.74. The van der Waals surface area contributed by atoms with Crippen LogP contribution in [0.5, 0.6) is 5.75 Å². The van der Waals surface area contributed by atoms with Gasteiger partial charge in [-0.2, -0.15) is 0 Å². The predicted octanol–water partition coefficient (Wildman–Crippen LogP) is 2.93. The molecule has 124 valence electrons. The standard InChI is InChI=1S/C19H21N3O2/c1-3-21(14-16-13-20-18-9-4-5-10-22(16)18)19(23)12-15-7-6-8-17(11-15)24-2/h4-11,13H,3,12,14H2,1-2H3. The molecular formula is C19H21N3O2. The van der Waals surface area contributed by atoms with Gasteiger partial charge in [0.25, 0.3) is 0 Å². The minimum absolute atomic E-state index is 0.0941. The van der Waals surface area contributed by atoms with E-state index < -0.39 is 0 Å². The van der Waals surface area contributed by atoms with E-state index in [4.69, 9.17) is 4.74 Å². The van der Waals surface area contributed by atoms with Crippen molar-refractivity contribution in [2.45, 2.75) is 19.9 Å². The molecule has 0 spiro atoms. The number of ether oxygens (including phenoxy) is 1. The zero-order chi connectivity index (χ0) is 16.9. The summed E-state index contributed by atoms with van der Waals surface area (Å²) in [4.78, 5) is 18.9. The van der Waals surface area contributed by atoms with Crippen LogP contribution in [0.15, 0.2) is 54.9 Å². The summed E-state index contributed by atoms with van der Waals surface area (Å²) in [5.41, 5.74) is 2.85. The van der Waals surface area contributed by atoms with Gasteiger partial charge in [-0.15, -0.1) is 0 Å². The fraction of sp³-hybridized carbons (Fsp3) is 0.263. The van der Waals surface area contributed by atoms with Crippen molar-refractivity contribution in [2.75, 3.05) is 13.7 Å². The van der Waals surface area contributed by atoms with Gasteiger partial charge in [-0.25, -0.2) is 4.98 Å². The molecule has 0 atom stereocenters. The van der Waals surface area contributed by atoms with Gasteiger partial charge in [0.1, 0.15) is 11.4 Å². The molecule has 0 N–H and O–H groups in total. The van der Waals surface area contributed by atoms with Crippen LogP contribution >= 0.6 is 0 Å². The molecule has 0 unspecified atom stereocenters. The molecule has 5 heteroatoms. The number of fused-ring (bicyclic) bond motifs is 1. The number of pyridine rings is 1. The first-order valence-electron chi connectivity index (χ1n) is 8.03. The minimum atomic E-state index is 0.0941. The van der Waals surface area contributed by atoms with Crippen LogP contribution in [0.2, 0.25) is 0 Å². The second-order valence-electron chi connectivity index (χ2n) is 5.61. The molecule has 3 rings (SSSR count). The highest BCUT2D eigenvalue weighted by Crippen LogP contribution is 2.15. The first kappa shape index (κ1) is 16.1. The molecule has 0 aliphatic rings. The van der Waals surface area contributed by atoms with E-state index in [2.05, 4.69) is 4.98 Å². The van der Waals surface area contributed by atoms with Crippen molar-refractivity contribution in [2.24, 2.45) is 0 Å². The predicted molar refractivity (Wildman–Crippen MR) is 93.0 cm³/mol. The molecule has 2 aromatic heterocycles. The van der Waals surface area contributed by atoms with E-state index >= 15 is 0 Å². The summed E-state index contributed by atoms with van der Waals surface area (Å²) < 4.78 is 7.24. The van der Waals surface area contributed by atoms with Crippen molar-refractivity contribution >= 4 is 11.6 Å². The van der Waals surface area contributed by atoms with Crippen LogP contribution < -0.4 is 4.74 Å². The lowest BCUT2D eigenvalue weighted by Crippen LogP contribution is -2.32. The van der Waals surface area contributed by atoms with Crippen molar-refractivity contribution in [3.8, 4) is 5.75 Å². The molecule has 24 heavy (non-hydrogen) atoms. The van der Waals surface area contributed by atoms with E-state index in [0.29, 0.717) is 19.5 Å². The smallest absolute Gasteiger partial charge is 0.227 e. The average Bonchev–Trinajstić information content (AvgIpc) is 3.02. The van der Waals surface area contributed by atoms with Crippen LogP contribution in [0.4, 0.5) is 0 Å². The Morgan fingerprint density at radius 2 is 2.12 bits per heavy atom. The summed E-state index contributed by atoms with van der Waals surface area (Å²) in [5, 5.41) is 0. The van der Waals surface area contributed by atoms with Gasteiger partial charge < -0.3 is 14.0 Å². The summed E-state index contributed by atoms with van der Waals surface area (Å²) in [6, 6.07) is 13.5. The molecule has 0 aliphatic carbocycles. The molecule has 2 heterocycles. The van der Waals surface area contributed by atoms with Crippen LogP contribution in [0, 0.1) is 0 Å². The van der Waals surface area contributed by atoms with E-state index in [1.54, 1.807) is 7.11 Å². The van der Waals surface area contributed by atoms with E-state index in [1.165, 1.54) is 0 Å². The number of amides is 1. The Labute approximate surface area is 141 Å². The zero-order valence-electron chi connectivity index (χ0n) is 14.0. The Bertz CT molecular complexity index is 841. The van der Waals surface area contributed by atoms with Crippen molar-refractivity contribution in [3.05, 3.63) is 66.1 Å². The second-order valence-corrected chi connectivity index (χ2v) is 5.61. The summed E-state index contributed by atoms with van der Waals surface area (Å²) in [7, 11) is 1.63. The largest absolute Gasteiger partial charge is 0.497 e. The number of carbonyl (C=O) groups excluding carboxylic acids is 1. The number of hydrogen-bond donors (Lipinski definition) is 0. The summed E-state index contributed by atoms with van der Waals surface area (Å²) in [6.45, 7) is 3.19. The number of aromatic nitrogens is 2. The average molecular weight is 323 g/mol. The Balaban J connectivity index is 1.74. The Morgan fingerprint density at radius 3 is 2.92 bits per heavy atom. The highest BCUT2D eigenvalue weighted by molar-refractivity contribution is 5.78. The van der Waals surface area contributed by atoms with Gasteiger partial charge in [-0.1, -0.05) is 18.2 Å². The quantitative estimate of drug-likeness (QED) is 0.701. The topological polar surface area (TPSA) is 46.8 Å². The highest BCUT2D eigenvalue weighted by Gasteiger charge is 2.15. The molecule has 1 aromatic carbocycles. The molecular weight excluding hydrogens is 302 g/mol. The number of hydrogen-bond acceptors (Lipinski definition) is 3. The molecule has 0 aliphatic heterocycles.